The Hall–Kier alpha value is -3.85. The minimum Gasteiger partial charge on any atom is -0.496 e. The molecule has 0 amide bonds. The van der Waals surface area contributed by atoms with E-state index in [-0.39, 0.29) is 17.9 Å². The summed E-state index contributed by atoms with van der Waals surface area (Å²) in [4.78, 5) is 29.4. The van der Waals surface area contributed by atoms with Crippen LogP contribution in [0.3, 0.4) is 0 Å². The van der Waals surface area contributed by atoms with Crippen LogP contribution in [0, 0.1) is 18.7 Å². The summed E-state index contributed by atoms with van der Waals surface area (Å²) in [5, 5.41) is 0. The lowest BCUT2D eigenvalue weighted by atomic mass is 9.86. The summed E-state index contributed by atoms with van der Waals surface area (Å²) in [5.74, 6) is -1.73. The van der Waals surface area contributed by atoms with Gasteiger partial charge in [-0.25, -0.2) is 4.39 Å². The Morgan fingerprint density at radius 2 is 1.67 bits per heavy atom. The fourth-order valence-corrected chi connectivity index (χ4v) is 4.67. The molecule has 1 aromatic heterocycles. The van der Waals surface area contributed by atoms with Crippen molar-refractivity contribution in [3.8, 4) is 17.2 Å². The van der Waals surface area contributed by atoms with Crippen LogP contribution in [-0.2, 0) is 14.3 Å². The average molecular weight is 554 g/mol. The van der Waals surface area contributed by atoms with E-state index >= 15 is 0 Å². The number of carbonyl (C=O) groups is 2. The fourth-order valence-electron chi connectivity index (χ4n) is 4.28. The molecular weight excluding hydrogens is 521 g/mol. The minimum atomic E-state index is -0.632. The van der Waals surface area contributed by atoms with Crippen molar-refractivity contribution in [1.29, 1.82) is 0 Å². The van der Waals surface area contributed by atoms with Crippen LogP contribution in [0.1, 0.15) is 55.5 Å². The lowest BCUT2D eigenvalue weighted by molar-refractivity contribution is -0.153. The number of carbonyl (C=O) groups excluding carboxylic acids is 2. The lowest BCUT2D eigenvalue weighted by Crippen LogP contribution is -2.28. The maximum atomic E-state index is 14.0. The van der Waals surface area contributed by atoms with Gasteiger partial charge in [0.2, 0.25) is 0 Å². The largest absolute Gasteiger partial charge is 0.496 e. The van der Waals surface area contributed by atoms with Crippen LogP contribution in [-0.4, -0.2) is 42.1 Å². The predicted octanol–water partition coefficient (Wildman–Crippen LogP) is 5.98. The van der Waals surface area contributed by atoms with Crippen molar-refractivity contribution in [1.82, 2.24) is 4.98 Å². The van der Waals surface area contributed by atoms with Gasteiger partial charge in [-0.2, -0.15) is 0 Å². The first-order valence-electron chi connectivity index (χ1n) is 12.4. The summed E-state index contributed by atoms with van der Waals surface area (Å²) in [5.41, 5.74) is 2.91. The van der Waals surface area contributed by atoms with Gasteiger partial charge < -0.3 is 18.9 Å². The Morgan fingerprint density at radius 1 is 1.00 bits per heavy atom. The highest BCUT2D eigenvalue weighted by atomic mass is 32.1. The molecule has 3 aromatic rings. The second kappa shape index (κ2) is 13.3. The number of aryl methyl sites for hydroxylation is 1. The number of rotatable bonds is 11. The number of ether oxygens (including phenoxy) is 4. The van der Waals surface area contributed by atoms with Crippen molar-refractivity contribution in [3.63, 3.8) is 0 Å². The molecule has 0 spiro atoms. The number of esters is 2. The molecule has 3 rings (SSSR count). The third-order valence-electron chi connectivity index (χ3n) is 6.23. The predicted molar refractivity (Wildman–Crippen MR) is 149 cm³/mol. The number of nitrogens with zero attached hydrogens (tertiary/aromatic N) is 1. The number of aromatic nitrogens is 1. The summed E-state index contributed by atoms with van der Waals surface area (Å²) in [7, 11) is 2.91. The molecule has 0 aliphatic carbocycles. The van der Waals surface area contributed by atoms with Gasteiger partial charge in [-0.05, 0) is 31.9 Å². The third-order valence-corrected chi connectivity index (χ3v) is 6.59. The molecule has 0 aliphatic heterocycles. The Balaban J connectivity index is 1.84. The van der Waals surface area contributed by atoms with E-state index in [9.17, 15) is 14.0 Å². The Morgan fingerprint density at radius 3 is 2.28 bits per heavy atom. The highest BCUT2D eigenvalue weighted by Crippen LogP contribution is 2.37. The molecule has 206 valence electrons. The first-order chi connectivity index (χ1) is 18.5. The minimum absolute atomic E-state index is 0.106. The van der Waals surface area contributed by atoms with E-state index in [1.165, 1.54) is 39.5 Å². The number of pyridine rings is 1. The van der Waals surface area contributed by atoms with Crippen LogP contribution >= 0.6 is 12.2 Å². The molecule has 7 nitrogen and oxygen atoms in total. The van der Waals surface area contributed by atoms with Crippen LogP contribution in [0.4, 0.5) is 4.39 Å². The summed E-state index contributed by atoms with van der Waals surface area (Å²) in [6, 6.07) is 13.7. The molecule has 0 unspecified atom stereocenters. The van der Waals surface area contributed by atoms with E-state index in [0.717, 1.165) is 11.1 Å². The quantitative estimate of drug-likeness (QED) is 0.163. The van der Waals surface area contributed by atoms with Crippen molar-refractivity contribution in [3.05, 3.63) is 82.9 Å². The standard InChI is InChI=1S/C30H32FNO6S/c1-17-7-9-21(10-8-17)27(23-12-11-22(31)16-25(23)36-6)19(3)37-30(34)18(2)15-26(39)28-29(38-20(4)33)24(35-5)13-14-32-28/h7-14,16,18-19,27H,15H2,1-6H3/t18-,19+,27+/m1/s1. The Kier molecular flexibility index (Phi) is 10.1. The van der Waals surface area contributed by atoms with Crippen LogP contribution in [0.15, 0.2) is 54.7 Å². The Labute approximate surface area is 233 Å². The molecule has 39 heavy (non-hydrogen) atoms. The van der Waals surface area contributed by atoms with Crippen molar-refractivity contribution in [2.75, 3.05) is 14.2 Å². The number of halogens is 1. The van der Waals surface area contributed by atoms with Gasteiger partial charge in [-0.15, -0.1) is 0 Å². The normalized spacial score (nSPS) is 13.1. The molecule has 1 heterocycles. The van der Waals surface area contributed by atoms with Gasteiger partial charge in [0.15, 0.2) is 11.5 Å². The van der Waals surface area contributed by atoms with Gasteiger partial charge in [0.05, 0.1) is 20.1 Å². The van der Waals surface area contributed by atoms with Crippen molar-refractivity contribution >= 4 is 29.0 Å². The molecule has 9 heteroatoms. The number of benzene rings is 2. The molecule has 0 N–H and O–H groups in total. The number of hydrogen-bond donors (Lipinski definition) is 0. The van der Waals surface area contributed by atoms with E-state index in [1.54, 1.807) is 26.0 Å². The van der Waals surface area contributed by atoms with Crippen LogP contribution in [0.25, 0.3) is 0 Å². The molecule has 0 radical (unpaired) electrons. The fraction of sp³-hybridized carbons (Fsp3) is 0.333. The molecule has 0 saturated heterocycles. The molecule has 0 bridgehead atoms. The smallest absolute Gasteiger partial charge is 0.309 e. The van der Waals surface area contributed by atoms with E-state index in [4.69, 9.17) is 31.2 Å². The van der Waals surface area contributed by atoms with Gasteiger partial charge in [-0.3, -0.25) is 14.6 Å². The zero-order chi connectivity index (χ0) is 28.7. The number of methoxy groups -OCH3 is 2. The molecule has 3 atom stereocenters. The van der Waals surface area contributed by atoms with E-state index in [0.29, 0.717) is 21.9 Å². The van der Waals surface area contributed by atoms with Gasteiger partial charge in [0.25, 0.3) is 0 Å². The molecular formula is C30H32FNO6S. The van der Waals surface area contributed by atoms with Crippen LogP contribution < -0.4 is 14.2 Å². The van der Waals surface area contributed by atoms with Gasteiger partial charge >= 0.3 is 11.9 Å². The zero-order valence-corrected chi connectivity index (χ0v) is 23.6. The highest BCUT2D eigenvalue weighted by Gasteiger charge is 2.30. The SMILES string of the molecule is COc1cc(F)ccc1[C@H](c1ccc(C)cc1)[C@H](C)OC(=O)[C@H](C)CC(=S)c1nccc(OC)c1OC(C)=O. The van der Waals surface area contributed by atoms with Crippen molar-refractivity contribution in [2.24, 2.45) is 5.92 Å². The summed E-state index contributed by atoms with van der Waals surface area (Å²) in [6.07, 6.45) is 0.993. The highest BCUT2D eigenvalue weighted by molar-refractivity contribution is 7.80. The molecule has 0 fully saturated rings. The third kappa shape index (κ3) is 7.38. The first kappa shape index (κ1) is 29.7. The second-order valence-electron chi connectivity index (χ2n) is 9.23. The maximum absolute atomic E-state index is 14.0. The van der Waals surface area contributed by atoms with Gasteiger partial charge in [0, 0.05) is 41.6 Å². The topological polar surface area (TPSA) is 84.0 Å². The van der Waals surface area contributed by atoms with Crippen LogP contribution in [0.5, 0.6) is 17.2 Å². The van der Waals surface area contributed by atoms with E-state index in [2.05, 4.69) is 4.98 Å². The van der Waals surface area contributed by atoms with Crippen LogP contribution in [0.2, 0.25) is 0 Å². The Bertz CT molecular complexity index is 1340. The summed E-state index contributed by atoms with van der Waals surface area (Å²) in [6.45, 7) is 6.74. The van der Waals surface area contributed by atoms with E-state index in [1.807, 2.05) is 31.2 Å². The first-order valence-corrected chi connectivity index (χ1v) is 12.8. The van der Waals surface area contributed by atoms with Gasteiger partial charge in [0.1, 0.15) is 23.4 Å². The number of hydrogen-bond acceptors (Lipinski definition) is 8. The summed E-state index contributed by atoms with van der Waals surface area (Å²) < 4.78 is 35.9. The molecule has 0 aliphatic rings. The van der Waals surface area contributed by atoms with Gasteiger partial charge in [-0.1, -0.05) is 55.0 Å². The maximum Gasteiger partial charge on any atom is 0.309 e. The average Bonchev–Trinajstić information content (AvgIpc) is 2.90. The summed E-state index contributed by atoms with van der Waals surface area (Å²) >= 11 is 5.57. The monoisotopic (exact) mass is 553 g/mol. The molecule has 2 aromatic carbocycles. The van der Waals surface area contributed by atoms with Crippen molar-refractivity contribution in [2.45, 2.75) is 46.1 Å². The number of thiocarbonyl (C=S) groups is 1. The zero-order valence-electron chi connectivity index (χ0n) is 22.8. The molecule has 0 saturated carbocycles. The lowest BCUT2D eigenvalue weighted by Gasteiger charge is -2.27. The second-order valence-corrected chi connectivity index (χ2v) is 9.72. The van der Waals surface area contributed by atoms with Crippen molar-refractivity contribution < 1.29 is 32.9 Å². The van der Waals surface area contributed by atoms with E-state index < -0.39 is 35.7 Å².